The van der Waals surface area contributed by atoms with Gasteiger partial charge in [-0.15, -0.1) is 0 Å². The molecule has 1 aromatic carbocycles. The van der Waals surface area contributed by atoms with E-state index < -0.39 is 0 Å². The van der Waals surface area contributed by atoms with Crippen molar-refractivity contribution in [1.29, 1.82) is 0 Å². The van der Waals surface area contributed by atoms with Crippen molar-refractivity contribution in [2.24, 2.45) is 5.41 Å². The number of nitrogens with zero attached hydrogens (tertiary/aromatic N) is 1. The number of carbonyl (C=O) groups is 1. The Morgan fingerprint density at radius 2 is 1.96 bits per heavy atom. The van der Waals surface area contributed by atoms with Gasteiger partial charge in [-0.2, -0.15) is 0 Å². The van der Waals surface area contributed by atoms with E-state index in [4.69, 9.17) is 9.47 Å². The normalized spacial score (nSPS) is 11.5. The first-order chi connectivity index (χ1) is 11.3. The van der Waals surface area contributed by atoms with E-state index in [1.54, 1.807) is 25.3 Å². The van der Waals surface area contributed by atoms with E-state index in [-0.39, 0.29) is 11.3 Å². The average Bonchev–Trinajstić information content (AvgIpc) is 2.52. The largest absolute Gasteiger partial charge is 0.493 e. The van der Waals surface area contributed by atoms with Crippen LogP contribution in [0.3, 0.4) is 0 Å². The third kappa shape index (κ3) is 6.79. The number of nitrogens with one attached hydrogen (secondary N) is 1. The predicted molar refractivity (Wildman–Crippen MR) is 98.1 cm³/mol. The van der Waals surface area contributed by atoms with Gasteiger partial charge in [0.1, 0.15) is 0 Å². The molecule has 1 rings (SSSR count). The number of hydrogen-bond donors (Lipinski definition) is 1. The van der Waals surface area contributed by atoms with Crippen LogP contribution in [-0.2, 0) is 0 Å². The molecule has 0 bridgehead atoms. The fraction of sp³-hybridized carbons (Fsp3) is 0.632. The summed E-state index contributed by atoms with van der Waals surface area (Å²) in [4.78, 5) is 14.5. The third-order valence-corrected chi connectivity index (χ3v) is 3.65. The van der Waals surface area contributed by atoms with Crippen LogP contribution in [0.15, 0.2) is 18.2 Å². The Bertz CT molecular complexity index is 527. The lowest BCUT2D eigenvalue weighted by atomic mass is 9.93. The van der Waals surface area contributed by atoms with Gasteiger partial charge in [-0.1, -0.05) is 27.2 Å². The first kappa shape index (κ1) is 20.3. The molecule has 0 aromatic heterocycles. The molecule has 0 unspecified atom stereocenters. The second kappa shape index (κ2) is 9.52. The van der Waals surface area contributed by atoms with Gasteiger partial charge in [-0.3, -0.25) is 4.79 Å². The molecule has 0 radical (unpaired) electrons. The van der Waals surface area contributed by atoms with Crippen molar-refractivity contribution in [1.82, 2.24) is 10.2 Å². The van der Waals surface area contributed by atoms with Crippen LogP contribution in [0, 0.1) is 5.41 Å². The molecule has 0 aliphatic heterocycles. The molecule has 0 fully saturated rings. The van der Waals surface area contributed by atoms with Gasteiger partial charge in [-0.25, -0.2) is 0 Å². The summed E-state index contributed by atoms with van der Waals surface area (Å²) in [7, 11) is 5.65. The van der Waals surface area contributed by atoms with E-state index in [0.29, 0.717) is 30.2 Å². The summed E-state index contributed by atoms with van der Waals surface area (Å²) < 4.78 is 11.1. The minimum absolute atomic E-state index is 0.00640. The highest BCUT2D eigenvalue weighted by molar-refractivity contribution is 5.94. The molecule has 24 heavy (non-hydrogen) atoms. The number of benzene rings is 1. The van der Waals surface area contributed by atoms with E-state index in [1.807, 2.05) is 14.1 Å². The van der Waals surface area contributed by atoms with Crippen LogP contribution in [0.5, 0.6) is 11.5 Å². The lowest BCUT2D eigenvalue weighted by Gasteiger charge is -2.28. The molecule has 1 N–H and O–H groups in total. The molecule has 1 amide bonds. The van der Waals surface area contributed by atoms with Crippen molar-refractivity contribution >= 4 is 5.91 Å². The summed E-state index contributed by atoms with van der Waals surface area (Å²) in [6.07, 6.45) is 2.07. The average molecular weight is 336 g/mol. The highest BCUT2D eigenvalue weighted by atomic mass is 16.5. The molecule has 0 saturated carbocycles. The number of rotatable bonds is 10. The summed E-state index contributed by atoms with van der Waals surface area (Å²) in [5, 5.41) is 3.01. The fourth-order valence-corrected chi connectivity index (χ4v) is 2.59. The molecule has 0 aliphatic carbocycles. The zero-order valence-electron chi connectivity index (χ0n) is 15.9. The smallest absolute Gasteiger partial charge is 0.251 e. The minimum Gasteiger partial charge on any atom is -0.493 e. The Hall–Kier alpha value is -1.75. The van der Waals surface area contributed by atoms with Crippen molar-refractivity contribution in [3.05, 3.63) is 23.8 Å². The summed E-state index contributed by atoms with van der Waals surface area (Å²) in [6, 6.07) is 5.31. The molecule has 0 aliphatic rings. The minimum atomic E-state index is -0.0970. The maximum atomic E-state index is 12.4. The van der Waals surface area contributed by atoms with Gasteiger partial charge in [0, 0.05) is 18.7 Å². The standard InChI is InChI=1S/C19H32N2O3/c1-7-8-11-24-16-10-9-15(12-17(16)23-6)18(22)20-13-19(2,3)14-21(4)5/h9-10,12H,7-8,11,13-14H2,1-6H3,(H,20,22). The molecule has 136 valence electrons. The maximum absolute atomic E-state index is 12.4. The van der Waals surface area contributed by atoms with Crippen LogP contribution < -0.4 is 14.8 Å². The Kier molecular flexibility index (Phi) is 8.05. The first-order valence-corrected chi connectivity index (χ1v) is 8.53. The Labute approximate surface area is 146 Å². The molecule has 0 atom stereocenters. The zero-order chi connectivity index (χ0) is 18.2. The van der Waals surface area contributed by atoms with Gasteiger partial charge in [-0.05, 0) is 44.1 Å². The number of methoxy groups -OCH3 is 1. The first-order valence-electron chi connectivity index (χ1n) is 8.53. The van der Waals surface area contributed by atoms with Crippen molar-refractivity contribution in [3.63, 3.8) is 0 Å². The lowest BCUT2D eigenvalue weighted by molar-refractivity contribution is 0.0929. The van der Waals surface area contributed by atoms with Crippen LogP contribution in [0.2, 0.25) is 0 Å². The van der Waals surface area contributed by atoms with Gasteiger partial charge in [0.15, 0.2) is 11.5 Å². The number of unbranched alkanes of at least 4 members (excludes halogenated alkanes) is 1. The maximum Gasteiger partial charge on any atom is 0.251 e. The van der Waals surface area contributed by atoms with Crippen LogP contribution >= 0.6 is 0 Å². The molecule has 1 aromatic rings. The molecule has 5 nitrogen and oxygen atoms in total. The second-order valence-corrected chi connectivity index (χ2v) is 7.15. The Balaban J connectivity index is 2.70. The van der Waals surface area contributed by atoms with Gasteiger partial charge in [0.05, 0.1) is 13.7 Å². The van der Waals surface area contributed by atoms with Crippen molar-refractivity contribution in [3.8, 4) is 11.5 Å². The van der Waals surface area contributed by atoms with Gasteiger partial charge >= 0.3 is 0 Å². The number of amides is 1. The zero-order valence-corrected chi connectivity index (χ0v) is 15.9. The highest BCUT2D eigenvalue weighted by Crippen LogP contribution is 2.28. The van der Waals surface area contributed by atoms with Crippen LogP contribution in [0.25, 0.3) is 0 Å². The molecule has 0 saturated heterocycles. The third-order valence-electron chi connectivity index (χ3n) is 3.65. The fourth-order valence-electron chi connectivity index (χ4n) is 2.59. The molecule has 0 heterocycles. The Morgan fingerprint density at radius 1 is 1.25 bits per heavy atom. The van der Waals surface area contributed by atoms with E-state index in [9.17, 15) is 4.79 Å². The number of ether oxygens (including phenoxy) is 2. The van der Waals surface area contributed by atoms with Crippen LogP contribution in [0.4, 0.5) is 0 Å². The highest BCUT2D eigenvalue weighted by Gasteiger charge is 2.20. The second-order valence-electron chi connectivity index (χ2n) is 7.15. The lowest BCUT2D eigenvalue weighted by Crippen LogP contribution is -2.39. The quantitative estimate of drug-likeness (QED) is 0.667. The monoisotopic (exact) mass is 336 g/mol. The molecule has 0 spiro atoms. The summed E-state index contributed by atoms with van der Waals surface area (Å²) >= 11 is 0. The van der Waals surface area contributed by atoms with Crippen molar-refractivity contribution in [2.75, 3.05) is 40.9 Å². The summed E-state index contributed by atoms with van der Waals surface area (Å²) in [5.74, 6) is 1.17. The van der Waals surface area contributed by atoms with Gasteiger partial charge < -0.3 is 19.7 Å². The van der Waals surface area contributed by atoms with Crippen LogP contribution in [-0.4, -0.2) is 51.7 Å². The molecule has 5 heteroatoms. The van der Waals surface area contributed by atoms with E-state index in [0.717, 1.165) is 19.4 Å². The van der Waals surface area contributed by atoms with E-state index in [1.165, 1.54) is 0 Å². The van der Waals surface area contributed by atoms with E-state index in [2.05, 4.69) is 31.0 Å². The van der Waals surface area contributed by atoms with E-state index >= 15 is 0 Å². The Morgan fingerprint density at radius 3 is 2.54 bits per heavy atom. The number of hydrogen-bond acceptors (Lipinski definition) is 4. The van der Waals surface area contributed by atoms with Crippen LogP contribution in [0.1, 0.15) is 44.0 Å². The topological polar surface area (TPSA) is 50.8 Å². The number of carbonyl (C=O) groups excluding carboxylic acids is 1. The predicted octanol–water partition coefficient (Wildman–Crippen LogP) is 3.19. The molecular weight excluding hydrogens is 304 g/mol. The SMILES string of the molecule is CCCCOc1ccc(C(=O)NCC(C)(C)CN(C)C)cc1OC. The van der Waals surface area contributed by atoms with Gasteiger partial charge in [0.2, 0.25) is 0 Å². The summed E-state index contributed by atoms with van der Waals surface area (Å²) in [6.45, 7) is 8.56. The van der Waals surface area contributed by atoms with Crippen molar-refractivity contribution < 1.29 is 14.3 Å². The van der Waals surface area contributed by atoms with Crippen molar-refractivity contribution in [2.45, 2.75) is 33.6 Å². The molecular formula is C19H32N2O3. The van der Waals surface area contributed by atoms with Gasteiger partial charge in [0.25, 0.3) is 5.91 Å². The summed E-state index contributed by atoms with van der Waals surface area (Å²) in [5.41, 5.74) is 0.585.